The van der Waals surface area contributed by atoms with E-state index in [1.54, 1.807) is 24.5 Å². The third-order valence-electron chi connectivity index (χ3n) is 4.23. The Hall–Kier alpha value is -1.82. The Kier molecular flexibility index (Phi) is 10.6. The number of pyridine rings is 1. The van der Waals surface area contributed by atoms with Crippen LogP contribution in [0.5, 0.6) is 0 Å². The zero-order valence-corrected chi connectivity index (χ0v) is 15.5. The molecule has 25 heavy (non-hydrogen) atoms. The van der Waals surface area contributed by atoms with E-state index in [1.807, 2.05) is 4.90 Å². The molecule has 1 aliphatic heterocycles. The average Bonchev–Trinajstić information content (AvgIpc) is 2.65. The van der Waals surface area contributed by atoms with Gasteiger partial charge in [-0.1, -0.05) is 12.8 Å². The lowest BCUT2D eigenvalue weighted by molar-refractivity contribution is 0.0952. The van der Waals surface area contributed by atoms with Gasteiger partial charge in [0.2, 0.25) is 0 Å². The Morgan fingerprint density at radius 3 is 2.32 bits per heavy atom. The summed E-state index contributed by atoms with van der Waals surface area (Å²) < 4.78 is 0. The molecule has 1 fully saturated rings. The van der Waals surface area contributed by atoms with E-state index in [-0.39, 0.29) is 24.3 Å². The first-order chi connectivity index (χ1) is 11.8. The highest BCUT2D eigenvalue weighted by molar-refractivity contribution is 5.93. The molecule has 140 valence electrons. The summed E-state index contributed by atoms with van der Waals surface area (Å²) in [7, 11) is 0. The molecule has 0 aliphatic carbocycles. The highest BCUT2D eigenvalue weighted by atomic mass is 35.5. The fourth-order valence-corrected chi connectivity index (χ4v) is 2.81. The maximum atomic E-state index is 11.9. The SMILES string of the molecule is Cl.O=C(NCCCCCCNC(=O)N1CCCCC1)c1cccnc1. The summed E-state index contributed by atoms with van der Waals surface area (Å²) in [5, 5.41) is 5.89. The quantitative estimate of drug-likeness (QED) is 0.693. The number of hydrogen-bond acceptors (Lipinski definition) is 3. The molecular weight excluding hydrogens is 340 g/mol. The van der Waals surface area contributed by atoms with Gasteiger partial charge in [0.25, 0.3) is 5.91 Å². The van der Waals surface area contributed by atoms with E-state index in [2.05, 4.69) is 15.6 Å². The Morgan fingerprint density at radius 1 is 1.00 bits per heavy atom. The Bertz CT molecular complexity index is 507. The van der Waals surface area contributed by atoms with Gasteiger partial charge in [-0.05, 0) is 44.2 Å². The van der Waals surface area contributed by atoms with E-state index in [4.69, 9.17) is 0 Å². The molecule has 0 radical (unpaired) electrons. The number of carbonyl (C=O) groups is 2. The molecule has 1 aromatic heterocycles. The van der Waals surface area contributed by atoms with Crippen LogP contribution in [0.2, 0.25) is 0 Å². The second-order valence-electron chi connectivity index (χ2n) is 6.19. The zero-order valence-electron chi connectivity index (χ0n) is 14.7. The van der Waals surface area contributed by atoms with Gasteiger partial charge in [-0.15, -0.1) is 12.4 Å². The molecule has 1 saturated heterocycles. The van der Waals surface area contributed by atoms with Crippen molar-refractivity contribution >= 4 is 24.3 Å². The third kappa shape index (κ3) is 8.20. The minimum Gasteiger partial charge on any atom is -0.352 e. The molecule has 6 nitrogen and oxygen atoms in total. The van der Waals surface area contributed by atoms with E-state index < -0.39 is 0 Å². The van der Waals surface area contributed by atoms with Crippen LogP contribution >= 0.6 is 12.4 Å². The second-order valence-corrected chi connectivity index (χ2v) is 6.19. The lowest BCUT2D eigenvalue weighted by Crippen LogP contribution is -2.43. The van der Waals surface area contributed by atoms with Crippen molar-refractivity contribution in [2.45, 2.75) is 44.9 Å². The molecule has 0 saturated carbocycles. The number of urea groups is 1. The summed E-state index contributed by atoms with van der Waals surface area (Å²) in [6.07, 6.45) is 10.7. The van der Waals surface area contributed by atoms with E-state index in [1.165, 1.54) is 6.42 Å². The Morgan fingerprint density at radius 2 is 1.68 bits per heavy atom. The maximum Gasteiger partial charge on any atom is 0.317 e. The summed E-state index contributed by atoms with van der Waals surface area (Å²) in [6, 6.07) is 3.60. The highest BCUT2D eigenvalue weighted by Gasteiger charge is 2.15. The van der Waals surface area contributed by atoms with Gasteiger partial charge in [0.1, 0.15) is 0 Å². The van der Waals surface area contributed by atoms with Gasteiger partial charge in [0, 0.05) is 38.6 Å². The van der Waals surface area contributed by atoms with Crippen molar-refractivity contribution in [3.05, 3.63) is 30.1 Å². The summed E-state index contributed by atoms with van der Waals surface area (Å²) >= 11 is 0. The third-order valence-corrected chi connectivity index (χ3v) is 4.23. The molecule has 0 unspecified atom stereocenters. The topological polar surface area (TPSA) is 74.3 Å². The molecule has 2 rings (SSSR count). The molecule has 2 heterocycles. The van der Waals surface area contributed by atoms with E-state index in [9.17, 15) is 9.59 Å². The van der Waals surface area contributed by atoms with Crippen molar-refractivity contribution in [1.82, 2.24) is 20.5 Å². The number of halogens is 1. The normalized spacial score (nSPS) is 13.7. The first-order valence-corrected chi connectivity index (χ1v) is 8.98. The Balaban J connectivity index is 0.00000312. The smallest absolute Gasteiger partial charge is 0.317 e. The summed E-state index contributed by atoms with van der Waals surface area (Å²) in [4.78, 5) is 29.6. The van der Waals surface area contributed by atoms with Crippen LogP contribution in [0, 0.1) is 0 Å². The van der Waals surface area contributed by atoms with Crippen molar-refractivity contribution in [2.24, 2.45) is 0 Å². The highest BCUT2D eigenvalue weighted by Crippen LogP contribution is 2.08. The number of carbonyl (C=O) groups excluding carboxylic acids is 2. The zero-order chi connectivity index (χ0) is 17.0. The van der Waals surface area contributed by atoms with Crippen molar-refractivity contribution in [3.8, 4) is 0 Å². The van der Waals surface area contributed by atoms with Crippen LogP contribution < -0.4 is 10.6 Å². The maximum absolute atomic E-state index is 11.9. The lowest BCUT2D eigenvalue weighted by Gasteiger charge is -2.26. The number of piperidine rings is 1. The van der Waals surface area contributed by atoms with Gasteiger partial charge in [0.05, 0.1) is 5.56 Å². The molecule has 0 bridgehead atoms. The molecule has 0 aromatic carbocycles. The van der Waals surface area contributed by atoms with Gasteiger partial charge in [0.15, 0.2) is 0 Å². The predicted octanol–water partition coefficient (Wildman–Crippen LogP) is 2.99. The monoisotopic (exact) mass is 368 g/mol. The van der Waals surface area contributed by atoms with E-state index in [0.29, 0.717) is 12.1 Å². The summed E-state index contributed by atoms with van der Waals surface area (Å²) in [6.45, 7) is 3.19. The van der Waals surface area contributed by atoms with Crippen LogP contribution in [0.25, 0.3) is 0 Å². The lowest BCUT2D eigenvalue weighted by atomic mass is 10.1. The summed E-state index contributed by atoms with van der Waals surface area (Å²) in [5.41, 5.74) is 0.595. The van der Waals surface area contributed by atoms with Gasteiger partial charge < -0.3 is 15.5 Å². The van der Waals surface area contributed by atoms with Crippen LogP contribution in [-0.2, 0) is 0 Å². The minimum atomic E-state index is -0.0723. The number of rotatable bonds is 8. The van der Waals surface area contributed by atoms with Gasteiger partial charge >= 0.3 is 6.03 Å². The molecule has 0 spiro atoms. The van der Waals surface area contributed by atoms with Gasteiger partial charge in [-0.2, -0.15) is 0 Å². The van der Waals surface area contributed by atoms with Crippen molar-refractivity contribution in [3.63, 3.8) is 0 Å². The standard InChI is InChI=1S/C18H28N4O2.ClH/c23-17(16-9-8-10-19-15-16)20-11-4-1-2-5-12-21-18(24)22-13-6-3-7-14-22;/h8-10,15H,1-7,11-14H2,(H,20,23)(H,21,24);1H. The van der Waals surface area contributed by atoms with Crippen LogP contribution in [0.15, 0.2) is 24.5 Å². The predicted molar refractivity (Wildman–Crippen MR) is 101 cm³/mol. The number of nitrogens with one attached hydrogen (secondary N) is 2. The number of aromatic nitrogens is 1. The first-order valence-electron chi connectivity index (χ1n) is 8.98. The van der Waals surface area contributed by atoms with Gasteiger partial charge in [-0.3, -0.25) is 9.78 Å². The molecule has 1 aromatic rings. The van der Waals surface area contributed by atoms with Crippen LogP contribution in [0.4, 0.5) is 4.79 Å². The molecule has 3 amide bonds. The van der Waals surface area contributed by atoms with Gasteiger partial charge in [-0.25, -0.2) is 4.79 Å². The van der Waals surface area contributed by atoms with Crippen molar-refractivity contribution in [1.29, 1.82) is 0 Å². The van der Waals surface area contributed by atoms with Crippen molar-refractivity contribution < 1.29 is 9.59 Å². The number of hydrogen-bond donors (Lipinski definition) is 2. The molecule has 7 heteroatoms. The number of nitrogens with zero attached hydrogens (tertiary/aromatic N) is 2. The molecule has 0 atom stereocenters. The summed E-state index contributed by atoms with van der Waals surface area (Å²) in [5.74, 6) is -0.0723. The number of amides is 3. The fourth-order valence-electron chi connectivity index (χ4n) is 2.81. The minimum absolute atomic E-state index is 0. The largest absolute Gasteiger partial charge is 0.352 e. The van der Waals surface area contributed by atoms with Crippen molar-refractivity contribution in [2.75, 3.05) is 26.2 Å². The molecule has 2 N–H and O–H groups in total. The molecule has 1 aliphatic rings. The fraction of sp³-hybridized carbons (Fsp3) is 0.611. The van der Waals surface area contributed by atoms with Crippen LogP contribution in [-0.4, -0.2) is 48.0 Å². The van der Waals surface area contributed by atoms with Crippen LogP contribution in [0.1, 0.15) is 55.3 Å². The Labute approximate surface area is 156 Å². The average molecular weight is 369 g/mol. The van der Waals surface area contributed by atoms with Crippen LogP contribution in [0.3, 0.4) is 0 Å². The second kappa shape index (κ2) is 12.5. The first kappa shape index (κ1) is 21.2. The number of unbranched alkanes of at least 4 members (excludes halogenated alkanes) is 3. The molecular formula is C18H29ClN4O2. The van der Waals surface area contributed by atoms with E-state index in [0.717, 1.165) is 58.2 Å². The van der Waals surface area contributed by atoms with E-state index >= 15 is 0 Å². The number of likely N-dealkylation sites (tertiary alicyclic amines) is 1.